The molecule has 2 aliphatic rings. The van der Waals surface area contributed by atoms with Gasteiger partial charge in [-0.15, -0.1) is 11.3 Å². The molecule has 0 saturated carbocycles. The fraction of sp³-hybridized carbons (Fsp3) is 0.786. The number of thiazole rings is 1. The van der Waals surface area contributed by atoms with Gasteiger partial charge in [0.1, 0.15) is 0 Å². The van der Waals surface area contributed by atoms with Crippen LogP contribution < -0.4 is 5.32 Å². The molecule has 2 saturated heterocycles. The van der Waals surface area contributed by atoms with Crippen molar-refractivity contribution in [1.82, 2.24) is 10.3 Å². The Kier molecular flexibility index (Phi) is 3.43. The third-order valence-electron chi connectivity index (χ3n) is 4.18. The zero-order valence-electron chi connectivity index (χ0n) is 11.4. The molecular formula is C14H22N2OS. The molecule has 1 aromatic rings. The van der Waals surface area contributed by atoms with E-state index in [1.807, 2.05) is 11.3 Å². The molecule has 1 N–H and O–H groups in total. The molecule has 0 aromatic carbocycles. The van der Waals surface area contributed by atoms with Crippen molar-refractivity contribution in [3.8, 4) is 0 Å². The first kappa shape index (κ1) is 12.6. The maximum atomic E-state index is 5.95. The Morgan fingerprint density at radius 2 is 2.33 bits per heavy atom. The Morgan fingerprint density at radius 1 is 1.50 bits per heavy atom. The number of fused-ring (bicyclic) bond motifs is 2. The van der Waals surface area contributed by atoms with Gasteiger partial charge in [-0.1, -0.05) is 6.92 Å². The zero-order valence-corrected chi connectivity index (χ0v) is 12.2. The van der Waals surface area contributed by atoms with E-state index in [-0.39, 0.29) is 0 Å². The second-order valence-corrected chi connectivity index (χ2v) is 6.56. The summed E-state index contributed by atoms with van der Waals surface area (Å²) in [5.74, 6) is 0.565. The molecule has 100 valence electrons. The topological polar surface area (TPSA) is 34.1 Å². The molecule has 0 radical (unpaired) electrons. The summed E-state index contributed by atoms with van der Waals surface area (Å²) in [6.07, 6.45) is 4.63. The zero-order chi connectivity index (χ0) is 12.7. The van der Waals surface area contributed by atoms with Crippen molar-refractivity contribution in [2.45, 2.75) is 64.2 Å². The molecule has 2 aliphatic heterocycles. The average molecular weight is 266 g/mol. The fourth-order valence-corrected chi connectivity index (χ4v) is 4.55. The molecule has 1 aromatic heterocycles. The van der Waals surface area contributed by atoms with Crippen LogP contribution in [0, 0.1) is 6.92 Å². The van der Waals surface area contributed by atoms with E-state index < -0.39 is 0 Å². The molecule has 4 heteroatoms. The van der Waals surface area contributed by atoms with Crippen LogP contribution in [0.4, 0.5) is 0 Å². The summed E-state index contributed by atoms with van der Waals surface area (Å²) in [5, 5.41) is 4.78. The van der Waals surface area contributed by atoms with Gasteiger partial charge < -0.3 is 10.1 Å². The summed E-state index contributed by atoms with van der Waals surface area (Å²) in [6, 6.07) is 0.417. The summed E-state index contributed by atoms with van der Waals surface area (Å²) in [7, 11) is 0. The summed E-state index contributed by atoms with van der Waals surface area (Å²) in [5.41, 5.74) is 1.20. The number of aromatic nitrogens is 1. The molecule has 0 amide bonds. The third kappa shape index (κ3) is 2.10. The largest absolute Gasteiger partial charge is 0.374 e. The summed E-state index contributed by atoms with van der Waals surface area (Å²) in [4.78, 5) is 6.21. The van der Waals surface area contributed by atoms with Gasteiger partial charge in [0.2, 0.25) is 0 Å². The van der Waals surface area contributed by atoms with Crippen LogP contribution in [0.15, 0.2) is 0 Å². The van der Waals surface area contributed by atoms with Gasteiger partial charge in [0.25, 0.3) is 0 Å². The van der Waals surface area contributed by atoms with Gasteiger partial charge in [-0.2, -0.15) is 0 Å². The predicted octanol–water partition coefficient (Wildman–Crippen LogP) is 3.16. The molecular weight excluding hydrogens is 244 g/mol. The Balaban J connectivity index is 1.80. The van der Waals surface area contributed by atoms with Crippen LogP contribution in [0.3, 0.4) is 0 Å². The second-order valence-electron chi connectivity index (χ2n) is 5.50. The number of hydrogen-bond donors (Lipinski definition) is 1. The highest BCUT2D eigenvalue weighted by Crippen LogP contribution is 2.46. The van der Waals surface area contributed by atoms with E-state index in [0.29, 0.717) is 24.2 Å². The van der Waals surface area contributed by atoms with Crippen LogP contribution >= 0.6 is 11.3 Å². The lowest BCUT2D eigenvalue weighted by atomic mass is 9.90. The number of ether oxygens (including phenoxy) is 1. The van der Waals surface area contributed by atoms with Crippen LogP contribution in [0.25, 0.3) is 0 Å². The molecule has 0 spiro atoms. The van der Waals surface area contributed by atoms with Crippen LogP contribution in [0.2, 0.25) is 0 Å². The van der Waals surface area contributed by atoms with Crippen molar-refractivity contribution < 1.29 is 4.74 Å². The van der Waals surface area contributed by atoms with Crippen LogP contribution in [0.1, 0.15) is 60.6 Å². The summed E-state index contributed by atoms with van der Waals surface area (Å²) < 4.78 is 5.95. The molecule has 3 nitrogen and oxygen atoms in total. The van der Waals surface area contributed by atoms with Gasteiger partial charge in [-0.3, -0.25) is 0 Å². The molecule has 2 fully saturated rings. The summed E-state index contributed by atoms with van der Waals surface area (Å²) >= 11 is 1.89. The van der Waals surface area contributed by atoms with Crippen LogP contribution in [0.5, 0.6) is 0 Å². The predicted molar refractivity (Wildman–Crippen MR) is 74.2 cm³/mol. The molecule has 18 heavy (non-hydrogen) atoms. The summed E-state index contributed by atoms with van der Waals surface area (Å²) in [6.45, 7) is 7.52. The van der Waals surface area contributed by atoms with E-state index in [1.165, 1.54) is 34.8 Å². The molecule has 3 rings (SSSR count). The van der Waals surface area contributed by atoms with Crippen molar-refractivity contribution in [2.24, 2.45) is 0 Å². The van der Waals surface area contributed by atoms with Crippen molar-refractivity contribution in [1.29, 1.82) is 0 Å². The van der Waals surface area contributed by atoms with Gasteiger partial charge >= 0.3 is 0 Å². The number of aryl methyl sites for hydroxylation is 1. The van der Waals surface area contributed by atoms with E-state index in [1.54, 1.807) is 0 Å². The van der Waals surface area contributed by atoms with Gasteiger partial charge in [0, 0.05) is 16.8 Å². The Labute approximate surface area is 113 Å². The van der Waals surface area contributed by atoms with Gasteiger partial charge in [0.05, 0.1) is 22.9 Å². The van der Waals surface area contributed by atoms with Crippen molar-refractivity contribution in [3.05, 3.63) is 15.6 Å². The molecule has 4 unspecified atom stereocenters. The highest BCUT2D eigenvalue weighted by molar-refractivity contribution is 7.12. The highest BCUT2D eigenvalue weighted by Gasteiger charge is 2.43. The number of rotatable bonds is 4. The minimum Gasteiger partial charge on any atom is -0.374 e. The van der Waals surface area contributed by atoms with E-state index in [0.717, 1.165) is 6.54 Å². The van der Waals surface area contributed by atoms with E-state index in [4.69, 9.17) is 9.72 Å². The fourth-order valence-electron chi connectivity index (χ4n) is 3.29. The SMILES string of the molecule is CCNC(C)c1sc(C2CC3CCC2O3)nc1C. The van der Waals surface area contributed by atoms with Gasteiger partial charge in [-0.25, -0.2) is 4.98 Å². The first-order valence-electron chi connectivity index (χ1n) is 7.05. The minimum atomic E-state index is 0.417. The van der Waals surface area contributed by atoms with E-state index >= 15 is 0 Å². The smallest absolute Gasteiger partial charge is 0.0989 e. The molecule has 4 atom stereocenters. The Bertz CT molecular complexity index is 431. The molecule has 0 aliphatic carbocycles. The lowest BCUT2D eigenvalue weighted by Gasteiger charge is -2.15. The second kappa shape index (κ2) is 4.91. The first-order chi connectivity index (χ1) is 8.69. The maximum absolute atomic E-state index is 5.95. The number of nitrogens with one attached hydrogen (secondary N) is 1. The minimum absolute atomic E-state index is 0.417. The Morgan fingerprint density at radius 3 is 2.94 bits per heavy atom. The standard InChI is InChI=1S/C14H22N2OS/c1-4-15-8(2)13-9(3)16-14(18-13)11-7-10-5-6-12(11)17-10/h8,10-12,15H,4-7H2,1-3H3. The van der Waals surface area contributed by atoms with Crippen molar-refractivity contribution in [2.75, 3.05) is 6.54 Å². The van der Waals surface area contributed by atoms with E-state index in [2.05, 4.69) is 26.1 Å². The highest BCUT2D eigenvalue weighted by atomic mass is 32.1. The van der Waals surface area contributed by atoms with Crippen molar-refractivity contribution >= 4 is 11.3 Å². The average Bonchev–Trinajstić information content (AvgIpc) is 3.02. The Hall–Kier alpha value is -0.450. The first-order valence-corrected chi connectivity index (χ1v) is 7.86. The van der Waals surface area contributed by atoms with E-state index in [9.17, 15) is 0 Å². The molecule has 3 heterocycles. The quantitative estimate of drug-likeness (QED) is 0.909. The third-order valence-corrected chi connectivity index (χ3v) is 5.65. The number of nitrogens with zero attached hydrogens (tertiary/aromatic N) is 1. The monoisotopic (exact) mass is 266 g/mol. The normalized spacial score (nSPS) is 32.1. The van der Waals surface area contributed by atoms with Crippen LogP contribution in [-0.4, -0.2) is 23.7 Å². The van der Waals surface area contributed by atoms with Crippen molar-refractivity contribution in [3.63, 3.8) is 0 Å². The van der Waals surface area contributed by atoms with Crippen LogP contribution in [-0.2, 0) is 4.74 Å². The number of hydrogen-bond acceptors (Lipinski definition) is 4. The lowest BCUT2D eigenvalue weighted by Crippen LogP contribution is -2.17. The maximum Gasteiger partial charge on any atom is 0.0989 e. The molecule has 2 bridgehead atoms. The lowest BCUT2D eigenvalue weighted by molar-refractivity contribution is 0.101. The van der Waals surface area contributed by atoms with Gasteiger partial charge in [-0.05, 0) is 39.7 Å². The van der Waals surface area contributed by atoms with Gasteiger partial charge in [0.15, 0.2) is 0 Å².